The number of fused-ring (bicyclic) bond motifs is 6. The van der Waals surface area contributed by atoms with Gasteiger partial charge in [0.15, 0.2) is 5.60 Å². The van der Waals surface area contributed by atoms with Gasteiger partial charge in [-0.05, 0) is 117 Å². The number of hydrogen-bond acceptors (Lipinski definition) is 5. The van der Waals surface area contributed by atoms with Crippen molar-refractivity contribution >= 4 is 28.8 Å². The Bertz CT molecular complexity index is 2540. The number of rotatable bonds is 10. The SMILES string of the molecule is CCCCCC1CCC(c2ccc(OC(=O)c3ccc(-c4ccc5c6c(c7c(c5c4)C(=O)OC7(C)C)C=CC(c4ccccc4)(c4ccc(C)cc4)O6)cc3)cc2)CC1. The van der Waals surface area contributed by atoms with E-state index in [-0.39, 0.29) is 5.97 Å². The molecule has 5 heteroatoms. The van der Waals surface area contributed by atoms with Crippen molar-refractivity contribution in [3.05, 3.63) is 172 Å². The molecule has 0 N–H and O–H groups in total. The van der Waals surface area contributed by atoms with Crippen molar-refractivity contribution in [1.82, 2.24) is 0 Å². The zero-order valence-corrected chi connectivity index (χ0v) is 34.6. The molecule has 1 atom stereocenters. The maximum Gasteiger partial charge on any atom is 0.343 e. The molecule has 2 heterocycles. The number of hydrogen-bond donors (Lipinski definition) is 0. The van der Waals surface area contributed by atoms with E-state index in [4.69, 9.17) is 14.2 Å². The van der Waals surface area contributed by atoms with Gasteiger partial charge in [-0.2, -0.15) is 0 Å². The average molecular weight is 781 g/mol. The number of ether oxygens (including phenoxy) is 3. The van der Waals surface area contributed by atoms with Crippen LogP contribution in [0.2, 0.25) is 0 Å². The van der Waals surface area contributed by atoms with Gasteiger partial charge in [0, 0.05) is 33.0 Å². The second-order valence-electron chi connectivity index (χ2n) is 17.3. The molecule has 0 saturated heterocycles. The van der Waals surface area contributed by atoms with Crippen LogP contribution in [0.5, 0.6) is 11.5 Å². The van der Waals surface area contributed by atoms with Crippen molar-refractivity contribution in [3.63, 3.8) is 0 Å². The zero-order chi connectivity index (χ0) is 40.7. The van der Waals surface area contributed by atoms with Gasteiger partial charge in [0.1, 0.15) is 17.1 Å². The van der Waals surface area contributed by atoms with E-state index in [2.05, 4.69) is 74.5 Å². The number of cyclic esters (lactones) is 1. The van der Waals surface area contributed by atoms with E-state index in [1.165, 1.54) is 62.5 Å². The summed E-state index contributed by atoms with van der Waals surface area (Å²) in [6, 6.07) is 40.4. The molecule has 3 aliphatic rings. The highest BCUT2D eigenvalue weighted by Gasteiger charge is 2.46. The molecule has 1 saturated carbocycles. The summed E-state index contributed by atoms with van der Waals surface area (Å²) in [7, 11) is 0. The number of aryl methyl sites for hydroxylation is 1. The van der Waals surface area contributed by atoms with Crippen molar-refractivity contribution < 1.29 is 23.8 Å². The Morgan fingerprint density at radius 2 is 1.44 bits per heavy atom. The van der Waals surface area contributed by atoms with Crippen LogP contribution in [0.25, 0.3) is 28.0 Å². The molecule has 2 aliphatic heterocycles. The molecule has 6 aromatic rings. The maximum absolute atomic E-state index is 13.7. The monoisotopic (exact) mass is 780 g/mol. The lowest BCUT2D eigenvalue weighted by Gasteiger charge is -2.38. The molecule has 9 rings (SSSR count). The van der Waals surface area contributed by atoms with Gasteiger partial charge in [0.2, 0.25) is 0 Å². The molecule has 1 unspecified atom stereocenters. The molecule has 59 heavy (non-hydrogen) atoms. The van der Waals surface area contributed by atoms with Gasteiger partial charge >= 0.3 is 11.9 Å². The number of unbranched alkanes of at least 4 members (excludes halogenated alkanes) is 2. The summed E-state index contributed by atoms with van der Waals surface area (Å²) in [6.07, 6.45) is 14.7. The fourth-order valence-electron chi connectivity index (χ4n) is 9.70. The molecule has 298 valence electrons. The first-order chi connectivity index (χ1) is 28.6. The normalized spacial score (nSPS) is 20.4. The Kier molecular flexibility index (Phi) is 10.2. The second-order valence-corrected chi connectivity index (χ2v) is 17.3. The van der Waals surface area contributed by atoms with Crippen molar-refractivity contribution in [2.75, 3.05) is 0 Å². The van der Waals surface area contributed by atoms with Gasteiger partial charge < -0.3 is 14.2 Å². The van der Waals surface area contributed by atoms with Crippen LogP contribution < -0.4 is 9.47 Å². The summed E-state index contributed by atoms with van der Waals surface area (Å²) >= 11 is 0. The zero-order valence-electron chi connectivity index (χ0n) is 34.6. The molecule has 1 fully saturated rings. The lowest BCUT2D eigenvalue weighted by Crippen LogP contribution is -2.35. The van der Waals surface area contributed by atoms with Crippen LogP contribution in [0, 0.1) is 12.8 Å². The molecule has 1 aliphatic carbocycles. The Labute approximate surface area is 348 Å². The van der Waals surface area contributed by atoms with Gasteiger partial charge in [0.25, 0.3) is 0 Å². The van der Waals surface area contributed by atoms with Crippen molar-refractivity contribution in [2.24, 2.45) is 5.92 Å². The van der Waals surface area contributed by atoms with Gasteiger partial charge in [0.05, 0.1) is 11.1 Å². The minimum atomic E-state index is -0.894. The van der Waals surface area contributed by atoms with E-state index in [1.54, 1.807) is 12.1 Å². The first-order valence-corrected chi connectivity index (χ1v) is 21.4. The van der Waals surface area contributed by atoms with Crippen molar-refractivity contribution in [2.45, 2.75) is 96.2 Å². The minimum absolute atomic E-state index is 0.349. The largest absolute Gasteiger partial charge is 0.472 e. The molecular weight excluding hydrogens is 729 g/mol. The predicted octanol–water partition coefficient (Wildman–Crippen LogP) is 13.6. The summed E-state index contributed by atoms with van der Waals surface area (Å²) in [6.45, 7) is 8.23. The van der Waals surface area contributed by atoms with Crippen LogP contribution in [-0.2, 0) is 15.9 Å². The van der Waals surface area contributed by atoms with Crippen LogP contribution >= 0.6 is 0 Å². The fourth-order valence-corrected chi connectivity index (χ4v) is 9.70. The second kappa shape index (κ2) is 15.7. The van der Waals surface area contributed by atoms with Gasteiger partial charge in [-0.1, -0.05) is 129 Å². The Morgan fingerprint density at radius 1 is 0.746 bits per heavy atom. The van der Waals surface area contributed by atoms with E-state index < -0.39 is 17.2 Å². The maximum atomic E-state index is 13.7. The Hall–Kier alpha value is -5.94. The average Bonchev–Trinajstić information content (AvgIpc) is 3.52. The first kappa shape index (κ1) is 38.6. The van der Waals surface area contributed by atoms with Crippen LogP contribution in [0.15, 0.2) is 127 Å². The smallest absolute Gasteiger partial charge is 0.343 e. The summed E-state index contributed by atoms with van der Waals surface area (Å²) in [4.78, 5) is 27.0. The van der Waals surface area contributed by atoms with Crippen LogP contribution in [0.4, 0.5) is 0 Å². The van der Waals surface area contributed by atoms with Crippen molar-refractivity contribution in [1.29, 1.82) is 0 Å². The van der Waals surface area contributed by atoms with E-state index in [0.717, 1.165) is 50.1 Å². The summed E-state index contributed by atoms with van der Waals surface area (Å²) in [5, 5.41) is 1.59. The summed E-state index contributed by atoms with van der Waals surface area (Å²) in [5.74, 6) is 1.97. The highest BCUT2D eigenvalue weighted by atomic mass is 16.6. The van der Waals surface area contributed by atoms with Crippen molar-refractivity contribution in [3.8, 4) is 22.6 Å². The molecule has 0 aromatic heterocycles. The lowest BCUT2D eigenvalue weighted by atomic mass is 9.77. The van der Waals surface area contributed by atoms with E-state index >= 15 is 0 Å². The topological polar surface area (TPSA) is 61.8 Å². The predicted molar refractivity (Wildman–Crippen MR) is 236 cm³/mol. The highest BCUT2D eigenvalue weighted by molar-refractivity contribution is 6.13. The van der Waals surface area contributed by atoms with Crippen LogP contribution in [0.1, 0.15) is 132 Å². The molecule has 0 amide bonds. The lowest BCUT2D eigenvalue weighted by molar-refractivity contribution is 0.00939. The number of carbonyl (C=O) groups is 2. The van der Waals surface area contributed by atoms with E-state index in [9.17, 15) is 9.59 Å². The Balaban J connectivity index is 0.984. The molecule has 0 radical (unpaired) electrons. The van der Waals surface area contributed by atoms with Gasteiger partial charge in [-0.25, -0.2) is 9.59 Å². The van der Waals surface area contributed by atoms with Crippen LogP contribution in [-0.4, -0.2) is 11.9 Å². The third-order valence-electron chi connectivity index (χ3n) is 13.0. The number of carbonyl (C=O) groups excluding carboxylic acids is 2. The number of esters is 2. The Morgan fingerprint density at radius 3 is 2.15 bits per heavy atom. The quantitative estimate of drug-likeness (QED) is 0.0787. The molecule has 5 nitrogen and oxygen atoms in total. The summed E-state index contributed by atoms with van der Waals surface area (Å²) < 4.78 is 19.2. The third-order valence-corrected chi connectivity index (χ3v) is 13.0. The molecule has 6 aromatic carbocycles. The molecule has 0 spiro atoms. The minimum Gasteiger partial charge on any atom is -0.472 e. The molecule has 0 bridgehead atoms. The highest BCUT2D eigenvalue weighted by Crippen LogP contribution is 2.53. The van der Waals surface area contributed by atoms with Gasteiger partial charge in [-0.15, -0.1) is 0 Å². The van der Waals surface area contributed by atoms with Crippen LogP contribution in [0.3, 0.4) is 0 Å². The first-order valence-electron chi connectivity index (χ1n) is 21.4. The van der Waals surface area contributed by atoms with E-state index in [0.29, 0.717) is 28.5 Å². The standard InChI is InChI=1S/C54H52O5/c1-5-6-8-11-36-16-18-37(19-17-36)38-24-29-44(30-25-38)57-51(55)40-22-20-39(21-23-40)41-26-31-45-47(34-41)48-49(53(3,4)59-52(48)56)46-32-33-54(58-50(45)46,42-12-9-7-10-13-42)43-27-14-35(2)15-28-43/h7,9-10,12-15,20-34,36-37H,5-6,8,11,16-19H2,1-4H3. The number of benzene rings is 6. The fraction of sp³-hybridized carbons (Fsp3) is 0.296. The van der Waals surface area contributed by atoms with E-state index in [1.807, 2.05) is 74.5 Å². The third kappa shape index (κ3) is 7.26. The summed E-state index contributed by atoms with van der Waals surface area (Å²) in [5.41, 5.74) is 7.27. The van der Waals surface area contributed by atoms with Gasteiger partial charge in [-0.3, -0.25) is 0 Å². The molecular formula is C54H52O5.